The highest BCUT2D eigenvalue weighted by Crippen LogP contribution is 2.20. The Kier molecular flexibility index (Phi) is 4.75. The van der Waals surface area contributed by atoms with Crippen molar-refractivity contribution in [3.8, 4) is 5.75 Å². The normalized spacial score (nSPS) is 10.1. The van der Waals surface area contributed by atoms with E-state index in [1.807, 2.05) is 54.6 Å². The Morgan fingerprint density at radius 1 is 1.00 bits per heavy atom. The molecule has 0 aliphatic heterocycles. The van der Waals surface area contributed by atoms with Crippen LogP contribution >= 0.6 is 0 Å². The maximum atomic E-state index is 5.81. The Bertz CT molecular complexity index is 599. The molecule has 2 rings (SSSR count). The van der Waals surface area contributed by atoms with Gasteiger partial charge in [-0.05, 0) is 34.4 Å². The lowest BCUT2D eigenvalue weighted by Gasteiger charge is -2.11. The minimum atomic E-state index is 0.505. The van der Waals surface area contributed by atoms with Crippen molar-refractivity contribution in [2.45, 2.75) is 13.2 Å². The second kappa shape index (κ2) is 6.73. The summed E-state index contributed by atoms with van der Waals surface area (Å²) in [7, 11) is 0. The molecular weight excluding hydrogens is 246 g/mol. The lowest BCUT2D eigenvalue weighted by Crippen LogP contribution is -2.00. The van der Waals surface area contributed by atoms with E-state index >= 15 is 0 Å². The second-order valence-electron chi connectivity index (χ2n) is 4.47. The van der Waals surface area contributed by atoms with E-state index in [0.717, 1.165) is 28.0 Å². The zero-order chi connectivity index (χ0) is 14.4. The van der Waals surface area contributed by atoms with Gasteiger partial charge in [0.2, 0.25) is 0 Å². The standard InChI is InChI=1S/C18H19NO/c1-3-15-6-5-7-16(18(15)4-2)13-20-17-10-8-14(12-19)9-11-17/h3-11H,1-2,12-13,19H2. The minimum absolute atomic E-state index is 0.505. The summed E-state index contributed by atoms with van der Waals surface area (Å²) in [6.07, 6.45) is 3.67. The van der Waals surface area contributed by atoms with E-state index in [9.17, 15) is 0 Å². The third kappa shape index (κ3) is 3.16. The molecular formula is C18H19NO. The summed E-state index contributed by atoms with van der Waals surface area (Å²) >= 11 is 0. The average molecular weight is 265 g/mol. The van der Waals surface area contributed by atoms with Gasteiger partial charge in [0.05, 0.1) is 0 Å². The molecule has 0 saturated carbocycles. The monoisotopic (exact) mass is 265 g/mol. The largest absolute Gasteiger partial charge is 0.489 e. The van der Waals surface area contributed by atoms with Crippen molar-refractivity contribution in [1.82, 2.24) is 0 Å². The van der Waals surface area contributed by atoms with Crippen LogP contribution in [0.5, 0.6) is 5.75 Å². The highest BCUT2D eigenvalue weighted by Gasteiger charge is 2.04. The molecule has 2 heteroatoms. The molecule has 0 aliphatic rings. The molecule has 2 nitrogen and oxygen atoms in total. The summed E-state index contributed by atoms with van der Waals surface area (Å²) in [4.78, 5) is 0. The van der Waals surface area contributed by atoms with Gasteiger partial charge in [0.25, 0.3) is 0 Å². The molecule has 0 radical (unpaired) electrons. The molecule has 0 bridgehead atoms. The summed E-state index contributed by atoms with van der Waals surface area (Å²) in [6, 6.07) is 13.9. The van der Waals surface area contributed by atoms with Crippen LogP contribution in [-0.4, -0.2) is 0 Å². The third-order valence-electron chi connectivity index (χ3n) is 3.21. The zero-order valence-electron chi connectivity index (χ0n) is 11.5. The van der Waals surface area contributed by atoms with Crippen LogP contribution in [0.25, 0.3) is 12.2 Å². The molecule has 0 saturated heterocycles. The average Bonchev–Trinajstić information content (AvgIpc) is 2.52. The molecule has 0 aromatic heterocycles. The molecule has 0 fully saturated rings. The number of nitrogens with two attached hydrogens (primary N) is 1. The van der Waals surface area contributed by atoms with E-state index in [2.05, 4.69) is 13.2 Å². The van der Waals surface area contributed by atoms with Gasteiger partial charge in [-0.3, -0.25) is 0 Å². The van der Waals surface area contributed by atoms with E-state index in [4.69, 9.17) is 10.5 Å². The van der Waals surface area contributed by atoms with Crippen LogP contribution in [0.3, 0.4) is 0 Å². The number of hydrogen-bond donors (Lipinski definition) is 1. The van der Waals surface area contributed by atoms with E-state index in [1.165, 1.54) is 0 Å². The number of rotatable bonds is 6. The first-order valence-corrected chi connectivity index (χ1v) is 6.57. The Labute approximate surface area is 120 Å². The highest BCUT2D eigenvalue weighted by molar-refractivity contribution is 5.66. The number of hydrogen-bond acceptors (Lipinski definition) is 2. The van der Waals surface area contributed by atoms with E-state index in [1.54, 1.807) is 0 Å². The molecule has 0 amide bonds. The third-order valence-corrected chi connectivity index (χ3v) is 3.21. The fourth-order valence-corrected chi connectivity index (χ4v) is 2.07. The van der Waals surface area contributed by atoms with Gasteiger partial charge in [0.15, 0.2) is 0 Å². The fourth-order valence-electron chi connectivity index (χ4n) is 2.07. The smallest absolute Gasteiger partial charge is 0.119 e. The van der Waals surface area contributed by atoms with Gasteiger partial charge < -0.3 is 10.5 Å². The predicted octanol–water partition coefficient (Wildman–Crippen LogP) is 4.01. The van der Waals surface area contributed by atoms with Crippen molar-refractivity contribution in [3.63, 3.8) is 0 Å². The lowest BCUT2D eigenvalue weighted by atomic mass is 10.0. The molecule has 0 aliphatic carbocycles. The minimum Gasteiger partial charge on any atom is -0.489 e. The van der Waals surface area contributed by atoms with Gasteiger partial charge in [0.1, 0.15) is 12.4 Å². The van der Waals surface area contributed by atoms with E-state index < -0.39 is 0 Å². The first-order valence-electron chi connectivity index (χ1n) is 6.57. The van der Waals surface area contributed by atoms with Gasteiger partial charge in [-0.25, -0.2) is 0 Å². The summed E-state index contributed by atoms with van der Waals surface area (Å²) in [6.45, 7) is 8.73. The highest BCUT2D eigenvalue weighted by atomic mass is 16.5. The van der Waals surface area contributed by atoms with Crippen LogP contribution in [0.2, 0.25) is 0 Å². The van der Waals surface area contributed by atoms with Crippen molar-refractivity contribution >= 4 is 12.2 Å². The van der Waals surface area contributed by atoms with Crippen LogP contribution in [0.15, 0.2) is 55.6 Å². The summed E-state index contributed by atoms with van der Waals surface area (Å²) in [5.74, 6) is 0.834. The lowest BCUT2D eigenvalue weighted by molar-refractivity contribution is 0.306. The Morgan fingerprint density at radius 2 is 1.75 bits per heavy atom. The van der Waals surface area contributed by atoms with Crippen molar-refractivity contribution in [2.75, 3.05) is 0 Å². The Morgan fingerprint density at radius 3 is 2.35 bits per heavy atom. The van der Waals surface area contributed by atoms with Crippen LogP contribution in [0.1, 0.15) is 22.3 Å². The molecule has 0 heterocycles. The van der Waals surface area contributed by atoms with E-state index in [0.29, 0.717) is 13.2 Å². The second-order valence-corrected chi connectivity index (χ2v) is 4.47. The zero-order valence-corrected chi connectivity index (χ0v) is 11.5. The molecule has 102 valence electrons. The SMILES string of the molecule is C=Cc1cccc(COc2ccc(CN)cc2)c1C=C. The summed E-state index contributed by atoms with van der Waals surface area (Å²) in [5.41, 5.74) is 9.91. The first-order chi connectivity index (χ1) is 9.78. The molecule has 2 N–H and O–H groups in total. The van der Waals surface area contributed by atoms with Crippen molar-refractivity contribution in [3.05, 3.63) is 77.9 Å². The van der Waals surface area contributed by atoms with Crippen molar-refractivity contribution in [2.24, 2.45) is 5.73 Å². The van der Waals surface area contributed by atoms with Gasteiger partial charge in [-0.15, -0.1) is 0 Å². The van der Waals surface area contributed by atoms with Crippen molar-refractivity contribution in [1.29, 1.82) is 0 Å². The fraction of sp³-hybridized carbons (Fsp3) is 0.111. The molecule has 0 unspecified atom stereocenters. The topological polar surface area (TPSA) is 35.2 Å². The number of benzene rings is 2. The van der Waals surface area contributed by atoms with Gasteiger partial charge in [-0.1, -0.05) is 55.6 Å². The summed E-state index contributed by atoms with van der Waals surface area (Å²) in [5, 5.41) is 0. The number of ether oxygens (including phenoxy) is 1. The molecule has 2 aromatic carbocycles. The molecule has 0 atom stereocenters. The van der Waals surface area contributed by atoms with Gasteiger partial charge >= 0.3 is 0 Å². The van der Waals surface area contributed by atoms with E-state index in [-0.39, 0.29) is 0 Å². The summed E-state index contributed by atoms with van der Waals surface area (Å²) < 4.78 is 5.81. The Hall–Kier alpha value is -2.32. The van der Waals surface area contributed by atoms with Crippen LogP contribution in [0.4, 0.5) is 0 Å². The van der Waals surface area contributed by atoms with Crippen LogP contribution in [0, 0.1) is 0 Å². The maximum absolute atomic E-state index is 5.81. The van der Waals surface area contributed by atoms with Gasteiger partial charge in [-0.2, -0.15) is 0 Å². The molecule has 0 spiro atoms. The first kappa shape index (κ1) is 14.1. The maximum Gasteiger partial charge on any atom is 0.119 e. The molecule has 20 heavy (non-hydrogen) atoms. The van der Waals surface area contributed by atoms with Gasteiger partial charge in [0, 0.05) is 6.54 Å². The Balaban J connectivity index is 2.13. The predicted molar refractivity (Wildman–Crippen MR) is 85.3 cm³/mol. The molecule has 2 aromatic rings. The van der Waals surface area contributed by atoms with Crippen LogP contribution in [-0.2, 0) is 13.2 Å². The van der Waals surface area contributed by atoms with Crippen LogP contribution < -0.4 is 10.5 Å². The quantitative estimate of drug-likeness (QED) is 0.856. The van der Waals surface area contributed by atoms with Crippen molar-refractivity contribution < 1.29 is 4.74 Å².